The number of likely N-dealkylation sites (tertiary alicyclic amines) is 1. The molecular weight excluding hydrogens is 248 g/mol. The predicted molar refractivity (Wildman–Crippen MR) is 74.6 cm³/mol. The fourth-order valence-corrected chi connectivity index (χ4v) is 2.96. The summed E-state index contributed by atoms with van der Waals surface area (Å²) in [5, 5.41) is 5.17. The van der Waals surface area contributed by atoms with Gasteiger partial charge in [-0.3, -0.25) is 9.58 Å². The Morgan fingerprint density at radius 3 is 2.78 bits per heavy atom. The van der Waals surface area contributed by atoms with Gasteiger partial charge in [0, 0.05) is 20.1 Å². The molecule has 1 aliphatic rings. The summed E-state index contributed by atoms with van der Waals surface area (Å²) in [6.45, 7) is 8.09. The van der Waals surface area contributed by atoms with Gasteiger partial charge in [-0.2, -0.15) is 5.10 Å². The van der Waals surface area contributed by atoms with E-state index in [1.165, 1.54) is 6.42 Å². The molecule has 1 aliphatic heterocycles. The van der Waals surface area contributed by atoms with Crippen molar-refractivity contribution in [3.63, 3.8) is 0 Å². The van der Waals surface area contributed by atoms with Gasteiger partial charge in [-0.1, -0.05) is 18.5 Å². The average Bonchev–Trinajstić information content (AvgIpc) is 2.58. The lowest BCUT2D eigenvalue weighted by atomic mass is 9.87. The van der Waals surface area contributed by atoms with Gasteiger partial charge >= 0.3 is 0 Å². The number of nitrogens with two attached hydrogens (primary N) is 1. The zero-order chi connectivity index (χ0) is 13.3. The van der Waals surface area contributed by atoms with E-state index in [9.17, 15) is 0 Å². The van der Waals surface area contributed by atoms with Gasteiger partial charge in [0.05, 0.1) is 16.4 Å². The van der Waals surface area contributed by atoms with E-state index in [2.05, 4.69) is 16.9 Å². The van der Waals surface area contributed by atoms with Crippen molar-refractivity contribution < 1.29 is 0 Å². The van der Waals surface area contributed by atoms with E-state index in [-0.39, 0.29) is 0 Å². The third-order valence-electron chi connectivity index (χ3n) is 4.14. The van der Waals surface area contributed by atoms with Crippen LogP contribution in [-0.4, -0.2) is 34.3 Å². The normalized spacial score (nSPS) is 25.6. The van der Waals surface area contributed by atoms with Crippen molar-refractivity contribution in [1.82, 2.24) is 14.7 Å². The Hall–Kier alpha value is -0.580. The summed E-state index contributed by atoms with van der Waals surface area (Å²) >= 11 is 6.30. The van der Waals surface area contributed by atoms with E-state index in [4.69, 9.17) is 17.3 Å². The molecule has 1 fully saturated rings. The minimum absolute atomic E-state index is 0.604. The molecule has 4 nitrogen and oxygen atoms in total. The molecule has 0 aliphatic carbocycles. The standard InChI is InChI=1S/C13H23ClN4/c1-9-4-5-18(7-11(9)6-15)8-12-13(14)10(2)16-17(12)3/h9,11H,4-8,15H2,1-3H3. The molecule has 1 saturated heterocycles. The zero-order valence-corrected chi connectivity index (χ0v) is 12.2. The molecule has 0 spiro atoms. The smallest absolute Gasteiger partial charge is 0.0860 e. The van der Waals surface area contributed by atoms with E-state index in [1.54, 1.807) is 0 Å². The van der Waals surface area contributed by atoms with Crippen LogP contribution in [0.5, 0.6) is 0 Å². The number of halogens is 1. The lowest BCUT2D eigenvalue weighted by Gasteiger charge is -2.36. The molecule has 1 aromatic heterocycles. The largest absolute Gasteiger partial charge is 0.330 e. The Labute approximate surface area is 114 Å². The number of rotatable bonds is 3. The van der Waals surface area contributed by atoms with Crippen molar-refractivity contribution in [3.8, 4) is 0 Å². The summed E-state index contributed by atoms with van der Waals surface area (Å²) in [4.78, 5) is 2.44. The van der Waals surface area contributed by atoms with Crippen LogP contribution in [0, 0.1) is 18.8 Å². The highest BCUT2D eigenvalue weighted by molar-refractivity contribution is 6.31. The molecule has 5 heteroatoms. The number of hydrogen-bond acceptors (Lipinski definition) is 3. The SMILES string of the molecule is Cc1nn(C)c(CN2CCC(C)C(CN)C2)c1Cl. The third-order valence-corrected chi connectivity index (χ3v) is 4.63. The highest BCUT2D eigenvalue weighted by atomic mass is 35.5. The van der Waals surface area contributed by atoms with E-state index in [0.29, 0.717) is 5.92 Å². The van der Waals surface area contributed by atoms with Crippen molar-refractivity contribution in [2.75, 3.05) is 19.6 Å². The molecule has 0 saturated carbocycles. The highest BCUT2D eigenvalue weighted by Gasteiger charge is 2.26. The summed E-state index contributed by atoms with van der Waals surface area (Å²) in [7, 11) is 1.96. The molecule has 2 rings (SSSR count). The molecule has 18 heavy (non-hydrogen) atoms. The molecular formula is C13H23ClN4. The van der Waals surface area contributed by atoms with Gasteiger partial charge in [-0.05, 0) is 38.3 Å². The summed E-state index contributed by atoms with van der Waals surface area (Å²) in [5.41, 5.74) is 7.87. The Kier molecular flexibility index (Phi) is 4.30. The fourth-order valence-electron chi connectivity index (χ4n) is 2.74. The van der Waals surface area contributed by atoms with E-state index < -0.39 is 0 Å². The number of piperidine rings is 1. The maximum Gasteiger partial charge on any atom is 0.0860 e. The molecule has 0 amide bonds. The van der Waals surface area contributed by atoms with Crippen molar-refractivity contribution in [1.29, 1.82) is 0 Å². The first-order valence-electron chi connectivity index (χ1n) is 6.63. The highest BCUT2D eigenvalue weighted by Crippen LogP contribution is 2.26. The van der Waals surface area contributed by atoms with Crippen LogP contribution in [0.25, 0.3) is 0 Å². The molecule has 0 bridgehead atoms. The minimum atomic E-state index is 0.604. The number of aromatic nitrogens is 2. The van der Waals surface area contributed by atoms with Crippen LogP contribution in [0.3, 0.4) is 0 Å². The Bertz CT molecular complexity index is 415. The third kappa shape index (κ3) is 2.71. The van der Waals surface area contributed by atoms with Gasteiger partial charge in [-0.15, -0.1) is 0 Å². The maximum atomic E-state index is 6.30. The van der Waals surface area contributed by atoms with Crippen LogP contribution in [0.4, 0.5) is 0 Å². The summed E-state index contributed by atoms with van der Waals surface area (Å²) in [6, 6.07) is 0. The molecule has 2 N–H and O–H groups in total. The van der Waals surface area contributed by atoms with Crippen LogP contribution in [0.15, 0.2) is 0 Å². The molecule has 2 unspecified atom stereocenters. The van der Waals surface area contributed by atoms with E-state index in [0.717, 1.165) is 48.5 Å². The second kappa shape index (κ2) is 5.59. The van der Waals surface area contributed by atoms with Crippen molar-refractivity contribution in [2.45, 2.75) is 26.8 Å². The number of nitrogens with zero attached hydrogens (tertiary/aromatic N) is 3. The van der Waals surface area contributed by atoms with E-state index >= 15 is 0 Å². The van der Waals surface area contributed by atoms with Crippen LogP contribution >= 0.6 is 11.6 Å². The van der Waals surface area contributed by atoms with Crippen molar-refractivity contribution in [2.24, 2.45) is 24.6 Å². The van der Waals surface area contributed by atoms with Gasteiger partial charge in [0.15, 0.2) is 0 Å². The van der Waals surface area contributed by atoms with Gasteiger partial charge in [0.1, 0.15) is 0 Å². The van der Waals surface area contributed by atoms with Gasteiger partial charge in [0.2, 0.25) is 0 Å². The number of aryl methyl sites for hydroxylation is 2. The number of hydrogen-bond donors (Lipinski definition) is 1. The molecule has 2 atom stereocenters. The van der Waals surface area contributed by atoms with Crippen LogP contribution in [0.1, 0.15) is 24.7 Å². The lowest BCUT2D eigenvalue weighted by molar-refractivity contribution is 0.124. The topological polar surface area (TPSA) is 47.1 Å². The summed E-state index contributed by atoms with van der Waals surface area (Å²) in [6.07, 6.45) is 1.22. The Balaban J connectivity index is 2.05. The fraction of sp³-hybridized carbons (Fsp3) is 0.769. The first-order chi connectivity index (χ1) is 8.52. The summed E-state index contributed by atoms with van der Waals surface area (Å²) < 4.78 is 1.90. The molecule has 0 radical (unpaired) electrons. The second-order valence-electron chi connectivity index (χ2n) is 5.47. The molecule has 0 aromatic carbocycles. The Morgan fingerprint density at radius 2 is 2.22 bits per heavy atom. The van der Waals surface area contributed by atoms with Crippen LogP contribution < -0.4 is 5.73 Å². The van der Waals surface area contributed by atoms with Crippen LogP contribution in [0.2, 0.25) is 5.02 Å². The lowest BCUT2D eigenvalue weighted by Crippen LogP contribution is -2.42. The van der Waals surface area contributed by atoms with Crippen molar-refractivity contribution >= 4 is 11.6 Å². The van der Waals surface area contributed by atoms with Crippen molar-refractivity contribution in [3.05, 3.63) is 16.4 Å². The van der Waals surface area contributed by atoms with Gasteiger partial charge < -0.3 is 5.73 Å². The monoisotopic (exact) mass is 270 g/mol. The van der Waals surface area contributed by atoms with Gasteiger partial charge in [0.25, 0.3) is 0 Å². The summed E-state index contributed by atoms with van der Waals surface area (Å²) in [5.74, 6) is 1.34. The van der Waals surface area contributed by atoms with Gasteiger partial charge in [-0.25, -0.2) is 0 Å². The zero-order valence-electron chi connectivity index (χ0n) is 11.5. The Morgan fingerprint density at radius 1 is 1.50 bits per heavy atom. The quantitative estimate of drug-likeness (QED) is 0.911. The van der Waals surface area contributed by atoms with Crippen LogP contribution in [-0.2, 0) is 13.6 Å². The average molecular weight is 271 g/mol. The second-order valence-corrected chi connectivity index (χ2v) is 5.84. The molecule has 1 aromatic rings. The minimum Gasteiger partial charge on any atom is -0.330 e. The maximum absolute atomic E-state index is 6.30. The first-order valence-corrected chi connectivity index (χ1v) is 7.01. The van der Waals surface area contributed by atoms with E-state index in [1.807, 2.05) is 18.7 Å². The molecule has 2 heterocycles. The molecule has 102 valence electrons. The first kappa shape index (κ1) is 13.8. The predicted octanol–water partition coefficient (Wildman–Crippen LogP) is 1.80.